The number of nitrogens with zero attached hydrogens (tertiary/aromatic N) is 2. The summed E-state index contributed by atoms with van der Waals surface area (Å²) in [5.41, 5.74) is 2.16. The van der Waals surface area contributed by atoms with Crippen LogP contribution in [-0.4, -0.2) is 32.2 Å². The molecule has 5 heteroatoms. The van der Waals surface area contributed by atoms with Crippen molar-refractivity contribution in [2.24, 2.45) is 10.3 Å². The van der Waals surface area contributed by atoms with E-state index in [9.17, 15) is 0 Å². The molecule has 0 spiro atoms. The van der Waals surface area contributed by atoms with Crippen molar-refractivity contribution in [3.05, 3.63) is 29.8 Å². The van der Waals surface area contributed by atoms with Crippen LogP contribution in [0.15, 0.2) is 34.6 Å². The van der Waals surface area contributed by atoms with E-state index in [-0.39, 0.29) is 0 Å². The summed E-state index contributed by atoms with van der Waals surface area (Å²) in [4.78, 5) is 9.57. The Labute approximate surface area is 107 Å². The molecule has 98 valence electrons. The molecule has 0 saturated heterocycles. The van der Waals surface area contributed by atoms with Crippen molar-refractivity contribution < 1.29 is 14.4 Å². The highest BCUT2D eigenvalue weighted by Crippen LogP contribution is 2.13. The molecule has 0 unspecified atom stereocenters. The van der Waals surface area contributed by atoms with E-state index < -0.39 is 0 Å². The quantitative estimate of drug-likeness (QED) is 0.575. The molecule has 0 amide bonds. The number of ether oxygens (including phenoxy) is 1. The average molecular weight is 250 g/mol. The third-order valence-electron chi connectivity index (χ3n) is 2.19. The van der Waals surface area contributed by atoms with Gasteiger partial charge in [-0.1, -0.05) is 10.3 Å². The molecule has 0 radical (unpaired) electrons. The van der Waals surface area contributed by atoms with E-state index >= 15 is 0 Å². The Bertz CT molecular complexity index is 424. The van der Waals surface area contributed by atoms with Crippen molar-refractivity contribution in [3.63, 3.8) is 0 Å². The van der Waals surface area contributed by atoms with Crippen LogP contribution in [-0.2, 0) is 9.68 Å². The largest absolute Gasteiger partial charge is 0.494 e. The van der Waals surface area contributed by atoms with Gasteiger partial charge in [0.05, 0.1) is 6.61 Å². The fourth-order valence-corrected chi connectivity index (χ4v) is 1.47. The SMILES string of the molecule is CCOc1ccc(C(=NOC)C(C)=NOC)cc1. The molecule has 5 nitrogen and oxygen atoms in total. The summed E-state index contributed by atoms with van der Waals surface area (Å²) in [6.45, 7) is 4.39. The average Bonchev–Trinajstić information content (AvgIpc) is 2.38. The summed E-state index contributed by atoms with van der Waals surface area (Å²) in [7, 11) is 2.99. The molecule has 0 atom stereocenters. The number of benzene rings is 1. The minimum absolute atomic E-state index is 0.627. The molecule has 0 aliphatic heterocycles. The number of oxime groups is 2. The van der Waals surface area contributed by atoms with Gasteiger partial charge in [0.15, 0.2) is 0 Å². The summed E-state index contributed by atoms with van der Waals surface area (Å²) in [6, 6.07) is 7.56. The van der Waals surface area contributed by atoms with Crippen LogP contribution >= 0.6 is 0 Å². The first-order valence-electron chi connectivity index (χ1n) is 5.65. The van der Waals surface area contributed by atoms with Gasteiger partial charge in [0.2, 0.25) is 0 Å². The topological polar surface area (TPSA) is 52.4 Å². The molecule has 0 saturated carbocycles. The van der Waals surface area contributed by atoms with Crippen molar-refractivity contribution in [2.75, 3.05) is 20.8 Å². The van der Waals surface area contributed by atoms with Crippen LogP contribution in [0, 0.1) is 0 Å². The highest BCUT2D eigenvalue weighted by Gasteiger charge is 2.09. The Morgan fingerprint density at radius 1 is 1.06 bits per heavy atom. The van der Waals surface area contributed by atoms with Crippen LogP contribution in [0.3, 0.4) is 0 Å². The summed E-state index contributed by atoms with van der Waals surface area (Å²) in [5, 5.41) is 7.81. The predicted molar refractivity (Wildman–Crippen MR) is 71.3 cm³/mol. The summed E-state index contributed by atoms with van der Waals surface area (Å²) in [6.07, 6.45) is 0. The summed E-state index contributed by atoms with van der Waals surface area (Å²) in [5.74, 6) is 0.819. The van der Waals surface area contributed by atoms with Crippen molar-refractivity contribution in [2.45, 2.75) is 13.8 Å². The highest BCUT2D eigenvalue weighted by atomic mass is 16.6. The first kappa shape index (κ1) is 14.0. The van der Waals surface area contributed by atoms with Crippen LogP contribution in [0.2, 0.25) is 0 Å². The first-order valence-corrected chi connectivity index (χ1v) is 5.65. The van der Waals surface area contributed by atoms with Gasteiger partial charge in [0, 0.05) is 5.56 Å². The lowest BCUT2D eigenvalue weighted by molar-refractivity contribution is 0.210. The van der Waals surface area contributed by atoms with Gasteiger partial charge in [0.1, 0.15) is 31.4 Å². The second-order valence-electron chi connectivity index (χ2n) is 3.44. The molecule has 0 aromatic heterocycles. The van der Waals surface area contributed by atoms with E-state index in [0.29, 0.717) is 18.0 Å². The zero-order chi connectivity index (χ0) is 13.4. The molecule has 1 aromatic carbocycles. The normalized spacial score (nSPS) is 12.2. The number of hydrogen-bond donors (Lipinski definition) is 0. The van der Waals surface area contributed by atoms with E-state index in [1.54, 1.807) is 6.92 Å². The minimum Gasteiger partial charge on any atom is -0.494 e. The van der Waals surface area contributed by atoms with Gasteiger partial charge >= 0.3 is 0 Å². The van der Waals surface area contributed by atoms with Crippen molar-refractivity contribution in [1.82, 2.24) is 0 Å². The zero-order valence-corrected chi connectivity index (χ0v) is 11.1. The second-order valence-corrected chi connectivity index (χ2v) is 3.44. The van der Waals surface area contributed by atoms with E-state index in [1.165, 1.54) is 14.2 Å². The lowest BCUT2D eigenvalue weighted by Crippen LogP contribution is -2.13. The molecule has 0 bridgehead atoms. The molecule has 0 N–H and O–H groups in total. The lowest BCUT2D eigenvalue weighted by atomic mass is 10.1. The molecular weight excluding hydrogens is 232 g/mol. The van der Waals surface area contributed by atoms with E-state index in [0.717, 1.165) is 11.3 Å². The van der Waals surface area contributed by atoms with Crippen LogP contribution in [0.25, 0.3) is 0 Å². The minimum atomic E-state index is 0.627. The maximum atomic E-state index is 5.38. The third kappa shape index (κ3) is 3.76. The molecule has 18 heavy (non-hydrogen) atoms. The molecular formula is C13H18N2O3. The Morgan fingerprint density at radius 3 is 2.17 bits per heavy atom. The highest BCUT2D eigenvalue weighted by molar-refractivity contribution is 6.47. The van der Waals surface area contributed by atoms with Gasteiger partial charge in [0.25, 0.3) is 0 Å². The Kier molecular flexibility index (Phi) is 5.70. The maximum absolute atomic E-state index is 5.38. The van der Waals surface area contributed by atoms with Crippen molar-refractivity contribution in [3.8, 4) is 5.75 Å². The molecule has 1 aromatic rings. The van der Waals surface area contributed by atoms with E-state index in [1.807, 2.05) is 31.2 Å². The standard InChI is InChI=1S/C13H18N2O3/c1-5-18-12-8-6-11(7-9-12)13(15-17-4)10(2)14-16-3/h6-9H,5H2,1-4H3. The van der Waals surface area contributed by atoms with Crippen molar-refractivity contribution in [1.29, 1.82) is 0 Å². The summed E-state index contributed by atoms with van der Waals surface area (Å²) < 4.78 is 5.38. The number of rotatable bonds is 6. The molecule has 0 aliphatic rings. The molecule has 1 rings (SSSR count). The summed E-state index contributed by atoms with van der Waals surface area (Å²) >= 11 is 0. The molecule has 0 heterocycles. The van der Waals surface area contributed by atoms with Crippen LogP contribution < -0.4 is 4.74 Å². The van der Waals surface area contributed by atoms with Gasteiger partial charge in [-0.3, -0.25) is 0 Å². The van der Waals surface area contributed by atoms with Gasteiger partial charge in [-0.05, 0) is 38.1 Å². The van der Waals surface area contributed by atoms with Gasteiger partial charge in [-0.2, -0.15) is 0 Å². The second kappa shape index (κ2) is 7.32. The molecule has 0 aliphatic carbocycles. The van der Waals surface area contributed by atoms with Crippen LogP contribution in [0.4, 0.5) is 0 Å². The van der Waals surface area contributed by atoms with E-state index in [2.05, 4.69) is 10.3 Å². The Balaban J connectivity index is 3.00. The molecule has 0 fully saturated rings. The third-order valence-corrected chi connectivity index (χ3v) is 2.19. The monoisotopic (exact) mass is 250 g/mol. The van der Waals surface area contributed by atoms with Crippen LogP contribution in [0.5, 0.6) is 5.75 Å². The fourth-order valence-electron chi connectivity index (χ4n) is 1.47. The smallest absolute Gasteiger partial charge is 0.134 e. The van der Waals surface area contributed by atoms with E-state index in [4.69, 9.17) is 14.4 Å². The number of hydrogen-bond acceptors (Lipinski definition) is 5. The van der Waals surface area contributed by atoms with Crippen molar-refractivity contribution >= 4 is 11.4 Å². The predicted octanol–water partition coefficient (Wildman–Crippen LogP) is 2.46. The lowest BCUT2D eigenvalue weighted by Gasteiger charge is -2.07. The van der Waals surface area contributed by atoms with Crippen LogP contribution in [0.1, 0.15) is 19.4 Å². The van der Waals surface area contributed by atoms with Gasteiger partial charge < -0.3 is 14.4 Å². The fraction of sp³-hybridized carbons (Fsp3) is 0.385. The zero-order valence-electron chi connectivity index (χ0n) is 11.1. The van der Waals surface area contributed by atoms with Gasteiger partial charge in [-0.25, -0.2) is 0 Å². The Morgan fingerprint density at radius 2 is 1.67 bits per heavy atom. The Hall–Kier alpha value is -2.04. The van der Waals surface area contributed by atoms with Gasteiger partial charge in [-0.15, -0.1) is 0 Å². The maximum Gasteiger partial charge on any atom is 0.134 e. The first-order chi connectivity index (χ1) is 8.72.